The highest BCUT2D eigenvalue weighted by molar-refractivity contribution is 7.99. The van der Waals surface area contributed by atoms with Crippen LogP contribution in [0.15, 0.2) is 47.9 Å². The number of aryl methyl sites for hydroxylation is 2. The van der Waals surface area contributed by atoms with E-state index in [4.69, 9.17) is 5.26 Å². The van der Waals surface area contributed by atoms with Gasteiger partial charge in [0.15, 0.2) is 11.0 Å². The summed E-state index contributed by atoms with van der Waals surface area (Å²) in [4.78, 5) is 4.25. The Morgan fingerprint density at radius 2 is 1.85 bits per heavy atom. The predicted octanol–water partition coefficient (Wildman–Crippen LogP) is 4.85. The average Bonchev–Trinajstić information content (AvgIpc) is 3.14. The van der Waals surface area contributed by atoms with Gasteiger partial charge in [0.25, 0.3) is 0 Å². The number of nitriles is 1. The van der Waals surface area contributed by atoms with Crippen molar-refractivity contribution >= 4 is 11.8 Å². The van der Waals surface area contributed by atoms with Crippen molar-refractivity contribution in [2.75, 3.05) is 5.75 Å². The zero-order chi connectivity index (χ0) is 19.1. The van der Waals surface area contributed by atoms with Crippen LogP contribution in [0, 0.1) is 11.3 Å². The number of para-hydroxylation sites is 1. The third-order valence-corrected chi connectivity index (χ3v) is 5.42. The number of hydrogen-bond acceptors (Lipinski definition) is 5. The number of aromatic nitrogens is 4. The molecule has 27 heavy (non-hydrogen) atoms. The molecule has 0 aliphatic rings. The Bertz CT molecular complexity index is 905. The van der Waals surface area contributed by atoms with Gasteiger partial charge in [0.1, 0.15) is 0 Å². The minimum Gasteiger partial charge on any atom is -0.269 e. The Morgan fingerprint density at radius 1 is 1.07 bits per heavy atom. The summed E-state index contributed by atoms with van der Waals surface area (Å²) in [5.41, 5.74) is 4.67. The summed E-state index contributed by atoms with van der Waals surface area (Å²) in [7, 11) is 0. The van der Waals surface area contributed by atoms with Gasteiger partial charge in [-0.2, -0.15) is 5.26 Å². The molecule has 5 nitrogen and oxygen atoms in total. The molecule has 0 amide bonds. The second-order valence-corrected chi connectivity index (χ2v) is 7.19. The second kappa shape index (κ2) is 9.33. The Hall–Kier alpha value is -2.65. The fourth-order valence-corrected chi connectivity index (χ4v) is 3.94. The molecule has 0 atom stereocenters. The predicted molar refractivity (Wildman–Crippen MR) is 109 cm³/mol. The Balaban J connectivity index is 2.14. The van der Waals surface area contributed by atoms with Crippen molar-refractivity contribution in [1.82, 2.24) is 19.7 Å². The van der Waals surface area contributed by atoms with Crippen molar-refractivity contribution in [1.29, 1.82) is 5.26 Å². The number of unbranched alkanes of at least 4 members (excludes halogenated alkanes) is 1. The number of pyridine rings is 1. The highest BCUT2D eigenvalue weighted by atomic mass is 32.2. The van der Waals surface area contributed by atoms with Crippen molar-refractivity contribution in [2.45, 2.75) is 44.7 Å². The minimum absolute atomic E-state index is 0.558. The Labute approximate surface area is 164 Å². The van der Waals surface area contributed by atoms with E-state index >= 15 is 0 Å². The van der Waals surface area contributed by atoms with Crippen LogP contribution >= 0.6 is 11.8 Å². The topological polar surface area (TPSA) is 67.4 Å². The molecule has 0 radical (unpaired) electrons. The quantitative estimate of drug-likeness (QED) is 0.415. The lowest BCUT2D eigenvalue weighted by Crippen LogP contribution is -2.07. The van der Waals surface area contributed by atoms with Gasteiger partial charge in [-0.3, -0.25) is 9.55 Å². The molecule has 0 aliphatic carbocycles. The van der Waals surface area contributed by atoms with Gasteiger partial charge in [-0.1, -0.05) is 43.8 Å². The summed E-state index contributed by atoms with van der Waals surface area (Å²) < 4.78 is 2.17. The van der Waals surface area contributed by atoms with E-state index in [0.29, 0.717) is 6.42 Å². The summed E-state index contributed by atoms with van der Waals surface area (Å²) >= 11 is 1.65. The van der Waals surface area contributed by atoms with Crippen LogP contribution in [0.2, 0.25) is 0 Å². The van der Waals surface area contributed by atoms with Crippen LogP contribution in [0.1, 0.15) is 37.8 Å². The molecule has 2 heterocycles. The molecule has 0 aliphatic heterocycles. The summed E-state index contributed by atoms with van der Waals surface area (Å²) in [5, 5.41) is 18.6. The van der Waals surface area contributed by atoms with Crippen LogP contribution in [0.25, 0.3) is 17.1 Å². The van der Waals surface area contributed by atoms with Gasteiger partial charge in [-0.25, -0.2) is 0 Å². The van der Waals surface area contributed by atoms with Crippen molar-refractivity contribution in [2.24, 2.45) is 0 Å². The first-order valence-electron chi connectivity index (χ1n) is 9.26. The van der Waals surface area contributed by atoms with E-state index in [1.54, 1.807) is 18.0 Å². The van der Waals surface area contributed by atoms with Crippen molar-refractivity contribution in [3.8, 4) is 23.1 Å². The van der Waals surface area contributed by atoms with Gasteiger partial charge in [-0.15, -0.1) is 10.2 Å². The fraction of sp³-hybridized carbons (Fsp3) is 0.333. The molecule has 0 unspecified atom stereocenters. The molecule has 0 spiro atoms. The van der Waals surface area contributed by atoms with Gasteiger partial charge in [0.2, 0.25) is 0 Å². The summed E-state index contributed by atoms with van der Waals surface area (Å²) in [6.45, 7) is 4.35. The summed E-state index contributed by atoms with van der Waals surface area (Å²) in [6, 6.07) is 12.6. The second-order valence-electron chi connectivity index (χ2n) is 6.13. The fourth-order valence-electron chi connectivity index (χ4n) is 3.06. The monoisotopic (exact) mass is 377 g/mol. The first-order valence-corrected chi connectivity index (χ1v) is 10.2. The van der Waals surface area contributed by atoms with Gasteiger partial charge >= 0.3 is 0 Å². The molecule has 3 aromatic rings. The van der Waals surface area contributed by atoms with E-state index in [0.717, 1.165) is 41.6 Å². The lowest BCUT2D eigenvalue weighted by Gasteiger charge is -2.17. The van der Waals surface area contributed by atoms with Gasteiger partial charge in [-0.05, 0) is 42.5 Å². The van der Waals surface area contributed by atoms with Gasteiger partial charge in [0.05, 0.1) is 11.8 Å². The van der Waals surface area contributed by atoms with Crippen LogP contribution in [-0.4, -0.2) is 25.5 Å². The molecule has 3 rings (SSSR count). The van der Waals surface area contributed by atoms with Crippen LogP contribution in [0.5, 0.6) is 0 Å². The van der Waals surface area contributed by atoms with Crippen LogP contribution in [-0.2, 0) is 12.8 Å². The number of thioether (sulfide) groups is 1. The Kier molecular flexibility index (Phi) is 6.61. The normalized spacial score (nSPS) is 10.7. The van der Waals surface area contributed by atoms with Gasteiger partial charge < -0.3 is 0 Å². The molecule has 138 valence electrons. The van der Waals surface area contributed by atoms with E-state index in [1.807, 2.05) is 18.3 Å². The maximum atomic E-state index is 8.79. The van der Waals surface area contributed by atoms with E-state index < -0.39 is 0 Å². The van der Waals surface area contributed by atoms with Crippen LogP contribution < -0.4 is 0 Å². The molecule has 6 heteroatoms. The summed E-state index contributed by atoms with van der Waals surface area (Å²) in [5.74, 6) is 1.65. The van der Waals surface area contributed by atoms with Crippen molar-refractivity contribution in [3.63, 3.8) is 0 Å². The lowest BCUT2D eigenvalue weighted by molar-refractivity contribution is 0.854. The van der Waals surface area contributed by atoms with Crippen LogP contribution in [0.3, 0.4) is 0 Å². The number of rotatable bonds is 8. The third-order valence-electron chi connectivity index (χ3n) is 4.41. The van der Waals surface area contributed by atoms with Crippen LogP contribution in [0.4, 0.5) is 0 Å². The maximum absolute atomic E-state index is 8.79. The molecule has 0 fully saturated rings. The maximum Gasteiger partial charge on any atom is 0.196 e. The molecule has 0 saturated heterocycles. The molecule has 2 aromatic heterocycles. The van der Waals surface area contributed by atoms with Gasteiger partial charge in [0, 0.05) is 30.1 Å². The van der Waals surface area contributed by atoms with Crippen molar-refractivity contribution < 1.29 is 0 Å². The largest absolute Gasteiger partial charge is 0.269 e. The smallest absolute Gasteiger partial charge is 0.196 e. The lowest BCUT2D eigenvalue weighted by atomic mass is 10.0. The van der Waals surface area contributed by atoms with E-state index in [2.05, 4.69) is 57.9 Å². The summed E-state index contributed by atoms with van der Waals surface area (Å²) in [6.07, 6.45) is 6.86. The molecule has 1 aromatic carbocycles. The highest BCUT2D eigenvalue weighted by Crippen LogP contribution is 2.32. The highest BCUT2D eigenvalue weighted by Gasteiger charge is 2.20. The molecule has 0 bridgehead atoms. The molecular weight excluding hydrogens is 354 g/mol. The molecule has 0 N–H and O–H groups in total. The number of nitrogens with zero attached hydrogens (tertiary/aromatic N) is 5. The minimum atomic E-state index is 0.558. The first-order chi connectivity index (χ1) is 13.3. The number of hydrogen-bond donors (Lipinski definition) is 0. The SMILES string of the molecule is CCc1cccc(CC)c1-n1c(SCCCC#N)nnc1-c1cccnc1. The standard InChI is InChI=1S/C21H23N5S/c1-3-16-9-7-10-17(4-2)19(16)26-20(18-11-8-13-23-15-18)24-25-21(26)27-14-6-5-12-22/h7-11,13,15H,3-6,14H2,1-2H3. The zero-order valence-electron chi connectivity index (χ0n) is 15.7. The first kappa shape index (κ1) is 19.1. The third kappa shape index (κ3) is 4.20. The average molecular weight is 378 g/mol. The number of benzene rings is 1. The van der Waals surface area contributed by atoms with E-state index in [9.17, 15) is 0 Å². The Morgan fingerprint density at radius 3 is 2.48 bits per heavy atom. The molecular formula is C21H23N5S. The van der Waals surface area contributed by atoms with Crippen molar-refractivity contribution in [3.05, 3.63) is 53.9 Å². The molecule has 0 saturated carbocycles. The van der Waals surface area contributed by atoms with E-state index in [-0.39, 0.29) is 0 Å². The zero-order valence-corrected chi connectivity index (χ0v) is 16.5. The van der Waals surface area contributed by atoms with E-state index in [1.165, 1.54) is 16.8 Å².